The molecule has 0 unspecified atom stereocenters. The molecule has 0 aliphatic carbocycles. The predicted molar refractivity (Wildman–Crippen MR) is 66.3 cm³/mol. The van der Waals surface area contributed by atoms with Crippen molar-refractivity contribution in [2.45, 2.75) is 26.3 Å². The number of hydrogen-bond acceptors (Lipinski definition) is 2. The highest BCUT2D eigenvalue weighted by molar-refractivity contribution is 5.97. The number of benzene rings is 1. The highest BCUT2D eigenvalue weighted by atomic mass is 19.1. The van der Waals surface area contributed by atoms with Crippen molar-refractivity contribution in [2.75, 3.05) is 0 Å². The molecule has 4 nitrogen and oxygen atoms in total. The molecule has 1 aromatic rings. The van der Waals surface area contributed by atoms with Gasteiger partial charge >= 0.3 is 0 Å². The molecule has 2 amide bonds. The van der Waals surface area contributed by atoms with Gasteiger partial charge in [0.05, 0.1) is 0 Å². The fraction of sp³-hybridized carbons (Fsp3) is 0.385. The van der Waals surface area contributed by atoms with E-state index in [0.717, 1.165) is 12.1 Å². The highest BCUT2D eigenvalue weighted by Gasteiger charge is 2.20. The Labute approximate surface area is 110 Å². The van der Waals surface area contributed by atoms with E-state index in [-0.39, 0.29) is 11.5 Å². The smallest absolute Gasteiger partial charge is 0.252 e. The molecule has 0 aromatic heterocycles. The van der Waals surface area contributed by atoms with Crippen LogP contribution in [0.4, 0.5) is 8.78 Å². The molecule has 104 valence electrons. The Morgan fingerprint density at radius 1 is 1.21 bits per heavy atom. The van der Waals surface area contributed by atoms with E-state index in [1.54, 1.807) is 0 Å². The summed E-state index contributed by atoms with van der Waals surface area (Å²) in [6.45, 7) is 3.73. The van der Waals surface area contributed by atoms with Gasteiger partial charge in [0.1, 0.15) is 17.7 Å². The van der Waals surface area contributed by atoms with Crippen LogP contribution in [-0.4, -0.2) is 17.9 Å². The average Bonchev–Trinajstić information content (AvgIpc) is 2.25. The maximum Gasteiger partial charge on any atom is 0.252 e. The quantitative estimate of drug-likeness (QED) is 0.853. The number of hydrogen-bond donors (Lipinski definition) is 2. The number of rotatable bonds is 5. The van der Waals surface area contributed by atoms with E-state index in [0.29, 0.717) is 12.5 Å². The summed E-state index contributed by atoms with van der Waals surface area (Å²) in [4.78, 5) is 23.0. The molecule has 1 rings (SSSR count). The van der Waals surface area contributed by atoms with Crippen molar-refractivity contribution < 1.29 is 18.4 Å². The topological polar surface area (TPSA) is 72.2 Å². The van der Waals surface area contributed by atoms with Gasteiger partial charge in [-0.2, -0.15) is 0 Å². The Hall–Kier alpha value is -1.98. The van der Waals surface area contributed by atoms with Crippen LogP contribution in [0.5, 0.6) is 0 Å². The third-order valence-corrected chi connectivity index (χ3v) is 2.48. The van der Waals surface area contributed by atoms with Crippen molar-refractivity contribution in [2.24, 2.45) is 11.7 Å². The minimum absolute atomic E-state index is 0.141. The van der Waals surface area contributed by atoms with E-state index < -0.39 is 29.5 Å². The first kappa shape index (κ1) is 15.1. The van der Waals surface area contributed by atoms with E-state index in [1.165, 1.54) is 0 Å². The van der Waals surface area contributed by atoms with Gasteiger partial charge < -0.3 is 11.1 Å². The van der Waals surface area contributed by atoms with Gasteiger partial charge in [0.2, 0.25) is 5.91 Å². The molecule has 0 fully saturated rings. The largest absolute Gasteiger partial charge is 0.368 e. The number of carbonyl (C=O) groups is 2. The first-order chi connectivity index (χ1) is 8.79. The van der Waals surface area contributed by atoms with Crippen molar-refractivity contribution in [3.63, 3.8) is 0 Å². The second-order valence-corrected chi connectivity index (χ2v) is 4.72. The molecule has 0 aliphatic heterocycles. The normalized spacial score (nSPS) is 12.3. The summed E-state index contributed by atoms with van der Waals surface area (Å²) in [6.07, 6.45) is 0.360. The molecule has 1 aromatic carbocycles. The van der Waals surface area contributed by atoms with Gasteiger partial charge in [-0.3, -0.25) is 9.59 Å². The number of amides is 2. The van der Waals surface area contributed by atoms with Crippen LogP contribution in [0.1, 0.15) is 30.6 Å². The first-order valence-electron chi connectivity index (χ1n) is 5.86. The van der Waals surface area contributed by atoms with E-state index in [2.05, 4.69) is 5.32 Å². The van der Waals surface area contributed by atoms with Crippen LogP contribution in [0, 0.1) is 17.6 Å². The lowest BCUT2D eigenvalue weighted by Crippen LogP contribution is -2.45. The summed E-state index contributed by atoms with van der Waals surface area (Å²) in [5, 5.41) is 2.37. The average molecular weight is 270 g/mol. The van der Waals surface area contributed by atoms with Crippen LogP contribution in [0.2, 0.25) is 0 Å². The minimum Gasteiger partial charge on any atom is -0.368 e. The number of nitrogens with one attached hydrogen (secondary N) is 1. The Bertz CT molecular complexity index is 469. The van der Waals surface area contributed by atoms with Crippen LogP contribution in [0.15, 0.2) is 18.2 Å². The van der Waals surface area contributed by atoms with Gasteiger partial charge in [-0.05, 0) is 24.5 Å². The standard InChI is InChI=1S/C13H16F2N2O2/c1-7(2)3-11(12(16)18)17-13(19)8-4-9(14)6-10(15)5-8/h4-7,11H,3H2,1-2H3,(H2,16,18)(H,17,19)/t11-/m1/s1. The molecule has 1 atom stereocenters. The highest BCUT2D eigenvalue weighted by Crippen LogP contribution is 2.10. The molecule has 0 heterocycles. The minimum atomic E-state index is -0.862. The Morgan fingerprint density at radius 2 is 1.74 bits per heavy atom. The van der Waals surface area contributed by atoms with Gasteiger partial charge in [0.25, 0.3) is 5.91 Å². The third kappa shape index (κ3) is 4.65. The fourth-order valence-corrected chi connectivity index (χ4v) is 1.64. The lowest BCUT2D eigenvalue weighted by molar-refractivity contribution is -0.120. The van der Waals surface area contributed by atoms with Gasteiger partial charge in [0, 0.05) is 11.6 Å². The Kier molecular flexibility index (Phi) is 4.97. The number of nitrogens with two attached hydrogens (primary N) is 1. The molecule has 3 N–H and O–H groups in total. The van der Waals surface area contributed by atoms with E-state index in [4.69, 9.17) is 5.73 Å². The molecule has 0 aliphatic rings. The first-order valence-corrected chi connectivity index (χ1v) is 5.86. The lowest BCUT2D eigenvalue weighted by atomic mass is 10.0. The van der Waals surface area contributed by atoms with Crippen LogP contribution in [0.3, 0.4) is 0 Å². The summed E-state index contributed by atoms with van der Waals surface area (Å²) < 4.78 is 26.0. The van der Waals surface area contributed by atoms with Gasteiger partial charge in [-0.25, -0.2) is 8.78 Å². The van der Waals surface area contributed by atoms with E-state index in [1.807, 2.05) is 13.8 Å². The van der Waals surface area contributed by atoms with Crippen LogP contribution < -0.4 is 11.1 Å². The monoisotopic (exact) mass is 270 g/mol. The molecule has 19 heavy (non-hydrogen) atoms. The van der Waals surface area contributed by atoms with Crippen LogP contribution in [0.25, 0.3) is 0 Å². The Morgan fingerprint density at radius 3 is 2.16 bits per heavy atom. The molecule has 0 saturated heterocycles. The van der Waals surface area contributed by atoms with Crippen molar-refractivity contribution in [1.82, 2.24) is 5.32 Å². The van der Waals surface area contributed by atoms with Crippen LogP contribution >= 0.6 is 0 Å². The maximum absolute atomic E-state index is 13.0. The Balaban J connectivity index is 2.84. The molecular formula is C13H16F2N2O2. The summed E-state index contributed by atoms with van der Waals surface area (Å²) >= 11 is 0. The van der Waals surface area contributed by atoms with Crippen molar-refractivity contribution >= 4 is 11.8 Å². The second-order valence-electron chi connectivity index (χ2n) is 4.72. The SMILES string of the molecule is CC(C)C[C@@H](NC(=O)c1cc(F)cc(F)c1)C(N)=O. The zero-order chi connectivity index (χ0) is 14.6. The van der Waals surface area contributed by atoms with Crippen molar-refractivity contribution in [3.05, 3.63) is 35.4 Å². The second kappa shape index (κ2) is 6.26. The summed E-state index contributed by atoms with van der Waals surface area (Å²) in [5.41, 5.74) is 4.98. The predicted octanol–water partition coefficient (Wildman–Crippen LogP) is 1.59. The van der Waals surface area contributed by atoms with Gasteiger partial charge in [0.15, 0.2) is 0 Å². The summed E-state index contributed by atoms with van der Waals surface area (Å²) in [5.74, 6) is -2.99. The fourth-order valence-electron chi connectivity index (χ4n) is 1.64. The molecule has 0 saturated carbocycles. The van der Waals surface area contributed by atoms with Gasteiger partial charge in [-0.1, -0.05) is 13.8 Å². The molecule has 0 spiro atoms. The maximum atomic E-state index is 13.0. The molecular weight excluding hydrogens is 254 g/mol. The molecule has 0 radical (unpaired) electrons. The zero-order valence-corrected chi connectivity index (χ0v) is 10.7. The van der Waals surface area contributed by atoms with Crippen molar-refractivity contribution in [1.29, 1.82) is 0 Å². The number of carbonyl (C=O) groups excluding carboxylic acids is 2. The van der Waals surface area contributed by atoms with E-state index in [9.17, 15) is 18.4 Å². The lowest BCUT2D eigenvalue weighted by Gasteiger charge is -2.17. The van der Waals surface area contributed by atoms with E-state index >= 15 is 0 Å². The van der Waals surface area contributed by atoms with Gasteiger partial charge in [-0.15, -0.1) is 0 Å². The summed E-state index contributed by atoms with van der Waals surface area (Å²) in [6, 6.07) is 1.59. The number of halogens is 2. The summed E-state index contributed by atoms with van der Waals surface area (Å²) in [7, 11) is 0. The van der Waals surface area contributed by atoms with Crippen molar-refractivity contribution in [3.8, 4) is 0 Å². The molecule has 0 bridgehead atoms. The van der Waals surface area contributed by atoms with Crippen LogP contribution in [-0.2, 0) is 4.79 Å². The molecule has 6 heteroatoms. The zero-order valence-electron chi connectivity index (χ0n) is 10.7. The number of primary amides is 1. The third-order valence-electron chi connectivity index (χ3n) is 2.48.